The number of carbonyl (C=O) groups excluding carboxylic acids is 2. The van der Waals surface area contributed by atoms with Crippen LogP contribution in [0.3, 0.4) is 0 Å². The molecule has 0 radical (unpaired) electrons. The van der Waals surface area contributed by atoms with Crippen molar-refractivity contribution in [2.45, 2.75) is 32.9 Å². The van der Waals surface area contributed by atoms with Crippen LogP contribution >= 0.6 is 0 Å². The van der Waals surface area contributed by atoms with Gasteiger partial charge in [0.05, 0.1) is 20.7 Å². The molecule has 0 saturated carbocycles. The highest BCUT2D eigenvalue weighted by atomic mass is 16.5. The lowest BCUT2D eigenvalue weighted by molar-refractivity contribution is -0.872. The number of ether oxygens (including phenoxy) is 1. The largest absolute Gasteiger partial charge is 0.494 e. The highest BCUT2D eigenvalue weighted by Crippen LogP contribution is 2.14. The van der Waals surface area contributed by atoms with Crippen molar-refractivity contribution in [2.75, 3.05) is 20.7 Å². The van der Waals surface area contributed by atoms with Gasteiger partial charge in [0, 0.05) is 30.5 Å². The van der Waals surface area contributed by atoms with Crippen molar-refractivity contribution in [2.24, 2.45) is 0 Å². The Hall–Kier alpha value is -2.66. The molecule has 2 rings (SSSR count). The molecule has 0 aliphatic heterocycles. The highest BCUT2D eigenvalue weighted by molar-refractivity contribution is 5.98. The minimum absolute atomic E-state index is 0.0372. The second-order valence-corrected chi connectivity index (χ2v) is 6.81. The van der Waals surface area contributed by atoms with E-state index in [1.807, 2.05) is 25.1 Å². The summed E-state index contributed by atoms with van der Waals surface area (Å²) in [6.45, 7) is 3.89. The molecular weight excluding hydrogens is 340 g/mol. The Kier molecular flexibility index (Phi) is 8.01. The Morgan fingerprint density at radius 3 is 2.26 bits per heavy atom. The zero-order valence-corrected chi connectivity index (χ0v) is 16.4. The number of benzene rings is 2. The topological polar surface area (TPSA) is 59.8 Å². The lowest BCUT2D eigenvalue weighted by atomic mass is 10.1. The average molecular weight is 369 g/mol. The zero-order valence-electron chi connectivity index (χ0n) is 16.4. The van der Waals surface area contributed by atoms with E-state index in [0.29, 0.717) is 18.7 Å². The van der Waals surface area contributed by atoms with E-state index in [9.17, 15) is 9.59 Å². The van der Waals surface area contributed by atoms with Crippen LogP contribution in [0.1, 0.15) is 41.3 Å². The van der Waals surface area contributed by atoms with E-state index in [2.05, 4.69) is 25.5 Å². The minimum atomic E-state index is -0.110. The second-order valence-electron chi connectivity index (χ2n) is 6.81. The third-order valence-electron chi connectivity index (χ3n) is 4.20. The number of Topliss-reactive ketones (excluding diaryl/α,β-unsaturated/α-hetero) is 1. The third kappa shape index (κ3) is 6.87. The van der Waals surface area contributed by atoms with Crippen LogP contribution in [0.4, 0.5) is 0 Å². The van der Waals surface area contributed by atoms with E-state index < -0.39 is 0 Å². The van der Waals surface area contributed by atoms with Crippen LogP contribution in [-0.4, -0.2) is 32.4 Å². The Bertz CT molecular complexity index is 754. The molecule has 0 aliphatic carbocycles. The summed E-state index contributed by atoms with van der Waals surface area (Å²) in [5.74, 6) is 0.594. The Balaban J connectivity index is 1.81. The summed E-state index contributed by atoms with van der Waals surface area (Å²) in [6.07, 6.45) is 0.385. The van der Waals surface area contributed by atoms with E-state index in [1.165, 1.54) is 10.5 Å². The average Bonchev–Trinajstić information content (AvgIpc) is 2.66. The molecule has 0 spiro atoms. The van der Waals surface area contributed by atoms with Crippen LogP contribution in [0.5, 0.6) is 5.75 Å². The summed E-state index contributed by atoms with van der Waals surface area (Å²) in [6, 6.07) is 15.1. The molecule has 5 heteroatoms. The number of amides is 1. The van der Waals surface area contributed by atoms with Gasteiger partial charge in [-0.1, -0.05) is 24.3 Å². The summed E-state index contributed by atoms with van der Waals surface area (Å²) >= 11 is 0. The number of nitrogens with one attached hydrogen (secondary N) is 2. The number of hydrogen-bond donors (Lipinski definition) is 2. The van der Waals surface area contributed by atoms with E-state index >= 15 is 0 Å². The summed E-state index contributed by atoms with van der Waals surface area (Å²) < 4.78 is 5.37. The fraction of sp³-hybridized carbons (Fsp3) is 0.364. The second kappa shape index (κ2) is 10.5. The first-order valence-electron chi connectivity index (χ1n) is 9.38. The fourth-order valence-electron chi connectivity index (χ4n) is 2.84. The van der Waals surface area contributed by atoms with Crippen LogP contribution in [-0.2, 0) is 17.9 Å². The van der Waals surface area contributed by atoms with E-state index in [-0.39, 0.29) is 24.5 Å². The Morgan fingerprint density at radius 1 is 0.963 bits per heavy atom. The smallest absolute Gasteiger partial charge is 0.220 e. The predicted octanol–water partition coefficient (Wildman–Crippen LogP) is 2.01. The van der Waals surface area contributed by atoms with Gasteiger partial charge < -0.3 is 15.0 Å². The molecule has 0 aliphatic rings. The SMILES string of the molecule is CCOc1ccc(C(=O)CCC(=O)NCc2ccccc2C[NH+](C)C)cc1. The van der Waals surface area contributed by atoms with Gasteiger partial charge in [0.2, 0.25) is 5.91 Å². The van der Waals surface area contributed by atoms with Gasteiger partial charge in [-0.2, -0.15) is 0 Å². The van der Waals surface area contributed by atoms with Crippen molar-refractivity contribution in [1.29, 1.82) is 0 Å². The molecule has 144 valence electrons. The molecule has 2 aromatic rings. The molecule has 27 heavy (non-hydrogen) atoms. The van der Waals surface area contributed by atoms with Crippen molar-refractivity contribution in [3.05, 3.63) is 65.2 Å². The number of hydrogen-bond acceptors (Lipinski definition) is 3. The van der Waals surface area contributed by atoms with Gasteiger partial charge in [-0.05, 0) is 36.8 Å². The molecule has 1 amide bonds. The van der Waals surface area contributed by atoms with Gasteiger partial charge in [-0.25, -0.2) is 0 Å². The van der Waals surface area contributed by atoms with Crippen LogP contribution in [0.15, 0.2) is 48.5 Å². The first kappa shape index (κ1) is 20.6. The normalized spacial score (nSPS) is 10.7. The van der Waals surface area contributed by atoms with Gasteiger partial charge in [-0.15, -0.1) is 0 Å². The molecule has 2 aromatic carbocycles. The Morgan fingerprint density at radius 2 is 1.63 bits per heavy atom. The molecule has 5 nitrogen and oxygen atoms in total. The monoisotopic (exact) mass is 369 g/mol. The molecule has 0 atom stereocenters. The highest BCUT2D eigenvalue weighted by Gasteiger charge is 2.11. The van der Waals surface area contributed by atoms with Crippen molar-refractivity contribution in [1.82, 2.24) is 5.32 Å². The Labute approximate surface area is 161 Å². The van der Waals surface area contributed by atoms with Gasteiger partial charge in [0.25, 0.3) is 0 Å². The van der Waals surface area contributed by atoms with E-state index in [0.717, 1.165) is 17.9 Å². The lowest BCUT2D eigenvalue weighted by Crippen LogP contribution is -3.04. The van der Waals surface area contributed by atoms with Crippen molar-refractivity contribution in [3.8, 4) is 5.75 Å². The maximum absolute atomic E-state index is 12.2. The first-order valence-corrected chi connectivity index (χ1v) is 9.38. The van der Waals surface area contributed by atoms with Crippen LogP contribution in [0, 0.1) is 0 Å². The van der Waals surface area contributed by atoms with E-state index in [1.54, 1.807) is 24.3 Å². The molecule has 0 unspecified atom stereocenters. The number of rotatable bonds is 10. The molecular formula is C22H29N2O3+. The number of ketones is 1. The van der Waals surface area contributed by atoms with Crippen LogP contribution in [0.2, 0.25) is 0 Å². The lowest BCUT2D eigenvalue weighted by Gasteiger charge is -2.13. The molecule has 2 N–H and O–H groups in total. The third-order valence-corrected chi connectivity index (χ3v) is 4.20. The fourth-order valence-corrected chi connectivity index (χ4v) is 2.84. The first-order chi connectivity index (χ1) is 13.0. The van der Waals surface area contributed by atoms with Crippen molar-refractivity contribution in [3.63, 3.8) is 0 Å². The molecule has 0 bridgehead atoms. The van der Waals surface area contributed by atoms with Crippen LogP contribution in [0.25, 0.3) is 0 Å². The predicted molar refractivity (Wildman–Crippen MR) is 106 cm³/mol. The number of carbonyl (C=O) groups is 2. The summed E-state index contributed by atoms with van der Waals surface area (Å²) in [5, 5.41) is 2.92. The van der Waals surface area contributed by atoms with Gasteiger partial charge in [0.1, 0.15) is 12.3 Å². The molecule has 0 fully saturated rings. The summed E-state index contributed by atoms with van der Waals surface area (Å²) in [7, 11) is 4.20. The molecule has 0 heterocycles. The van der Waals surface area contributed by atoms with Gasteiger partial charge in [0.15, 0.2) is 5.78 Å². The maximum atomic E-state index is 12.2. The number of quaternary nitrogens is 1. The van der Waals surface area contributed by atoms with E-state index in [4.69, 9.17) is 4.74 Å². The standard InChI is InChI=1S/C22H28N2O3/c1-4-27-20-11-9-17(10-12-20)21(25)13-14-22(26)23-15-18-7-5-6-8-19(18)16-24(2)3/h5-12H,4,13-16H2,1-3H3,(H,23,26)/p+1. The molecule has 0 aromatic heterocycles. The minimum Gasteiger partial charge on any atom is -0.494 e. The van der Waals surface area contributed by atoms with Crippen molar-refractivity contribution < 1.29 is 19.2 Å². The quantitative estimate of drug-likeness (QED) is 0.630. The summed E-state index contributed by atoms with van der Waals surface area (Å²) in [5.41, 5.74) is 2.94. The van der Waals surface area contributed by atoms with Gasteiger partial charge >= 0.3 is 0 Å². The summed E-state index contributed by atoms with van der Waals surface area (Å²) in [4.78, 5) is 25.7. The van der Waals surface area contributed by atoms with Crippen molar-refractivity contribution >= 4 is 11.7 Å². The van der Waals surface area contributed by atoms with Gasteiger partial charge in [-0.3, -0.25) is 9.59 Å². The molecule has 0 saturated heterocycles. The zero-order chi connectivity index (χ0) is 19.6. The maximum Gasteiger partial charge on any atom is 0.220 e. The van der Waals surface area contributed by atoms with Crippen LogP contribution < -0.4 is 15.0 Å².